The summed E-state index contributed by atoms with van der Waals surface area (Å²) in [6.07, 6.45) is 7.04. The number of rotatable bonds is 7. The minimum absolute atomic E-state index is 0.00184. The smallest absolute Gasteiger partial charge is 0.162 e. The largest absolute Gasteiger partial charge is 0.494 e. The van der Waals surface area contributed by atoms with Crippen LogP contribution in [0.4, 0.5) is 13.2 Å². The van der Waals surface area contributed by atoms with Crippen molar-refractivity contribution < 1.29 is 22.6 Å². The van der Waals surface area contributed by atoms with Crippen LogP contribution in [0.25, 0.3) is 0 Å². The fourth-order valence-corrected chi connectivity index (χ4v) is 5.43. The third kappa shape index (κ3) is 5.74. The van der Waals surface area contributed by atoms with Crippen molar-refractivity contribution in [1.82, 2.24) is 0 Å². The summed E-state index contributed by atoms with van der Waals surface area (Å²) in [6.45, 7) is 4.78. The Labute approximate surface area is 195 Å². The molecule has 0 N–H and O–H groups in total. The third-order valence-electron chi connectivity index (χ3n) is 7.52. The molecule has 2 saturated carbocycles. The Morgan fingerprint density at radius 3 is 1.91 bits per heavy atom. The van der Waals surface area contributed by atoms with Crippen LogP contribution in [0.5, 0.6) is 5.75 Å². The maximum absolute atomic E-state index is 15.0. The van der Waals surface area contributed by atoms with Gasteiger partial charge in [0.1, 0.15) is 11.6 Å². The van der Waals surface area contributed by atoms with Crippen molar-refractivity contribution in [1.29, 1.82) is 0 Å². The Hall–Kier alpha value is -2.01. The molecule has 2 aromatic rings. The minimum atomic E-state index is -0.660. The van der Waals surface area contributed by atoms with Crippen LogP contribution in [0.1, 0.15) is 93.7 Å². The van der Waals surface area contributed by atoms with Gasteiger partial charge in [0.2, 0.25) is 0 Å². The minimum Gasteiger partial charge on any atom is -0.494 e. The zero-order valence-electron chi connectivity index (χ0n) is 19.7. The summed E-state index contributed by atoms with van der Waals surface area (Å²) in [4.78, 5) is 0. The lowest BCUT2D eigenvalue weighted by molar-refractivity contribution is 0.0118. The zero-order chi connectivity index (χ0) is 23.4. The monoisotopic (exact) mass is 460 g/mol. The van der Waals surface area contributed by atoms with Gasteiger partial charge in [-0.2, -0.15) is 0 Å². The first-order valence-corrected chi connectivity index (χ1v) is 12.5. The number of hydrogen-bond acceptors (Lipinski definition) is 2. The van der Waals surface area contributed by atoms with Crippen LogP contribution in [0, 0.1) is 23.4 Å². The summed E-state index contributed by atoms with van der Waals surface area (Å²) in [5, 5.41) is 0. The van der Waals surface area contributed by atoms with E-state index in [2.05, 4.69) is 6.92 Å². The number of hydrogen-bond donors (Lipinski definition) is 0. The quantitative estimate of drug-likeness (QED) is 0.416. The van der Waals surface area contributed by atoms with Crippen LogP contribution >= 0.6 is 0 Å². The molecule has 4 rings (SSSR count). The van der Waals surface area contributed by atoms with Gasteiger partial charge in [-0.3, -0.25) is 0 Å². The molecule has 2 aliphatic rings. The van der Waals surface area contributed by atoms with E-state index in [9.17, 15) is 8.78 Å². The van der Waals surface area contributed by atoms with Gasteiger partial charge in [-0.1, -0.05) is 38.0 Å². The molecule has 0 saturated heterocycles. The van der Waals surface area contributed by atoms with E-state index < -0.39 is 11.6 Å². The van der Waals surface area contributed by atoms with E-state index in [1.54, 1.807) is 12.1 Å². The highest BCUT2D eigenvalue weighted by molar-refractivity contribution is 5.32. The highest BCUT2D eigenvalue weighted by Crippen LogP contribution is 2.40. The molecule has 0 radical (unpaired) electrons. The zero-order valence-corrected chi connectivity index (χ0v) is 19.7. The maximum Gasteiger partial charge on any atom is 0.162 e. The van der Waals surface area contributed by atoms with Gasteiger partial charge >= 0.3 is 0 Å². The molecule has 0 aromatic heterocycles. The van der Waals surface area contributed by atoms with Crippen LogP contribution in [-0.2, 0) is 11.3 Å². The van der Waals surface area contributed by atoms with Crippen LogP contribution in [0.2, 0.25) is 0 Å². The van der Waals surface area contributed by atoms with Crippen molar-refractivity contribution in [3.63, 3.8) is 0 Å². The lowest BCUT2D eigenvalue weighted by Crippen LogP contribution is -2.22. The Kier molecular flexibility index (Phi) is 8.00. The Balaban J connectivity index is 1.32. The summed E-state index contributed by atoms with van der Waals surface area (Å²) in [5.41, 5.74) is 1.55. The molecule has 180 valence electrons. The SMILES string of the molecule is CCOc1ccc(COC2CCC(c3ccc(C4CCC(C)CC4)c(F)c3F)CC2)c(F)c1. The predicted octanol–water partition coefficient (Wildman–Crippen LogP) is 8.04. The molecule has 2 fully saturated rings. The van der Waals surface area contributed by atoms with Gasteiger partial charge in [0.05, 0.1) is 19.3 Å². The van der Waals surface area contributed by atoms with Gasteiger partial charge in [0.15, 0.2) is 11.6 Å². The highest BCUT2D eigenvalue weighted by atomic mass is 19.2. The molecule has 5 heteroatoms. The van der Waals surface area contributed by atoms with Crippen molar-refractivity contribution >= 4 is 0 Å². The average Bonchev–Trinajstić information content (AvgIpc) is 2.82. The molecule has 0 atom stereocenters. The Bertz CT molecular complexity index is 929. The van der Waals surface area contributed by atoms with Crippen molar-refractivity contribution in [3.8, 4) is 5.75 Å². The fraction of sp³-hybridized carbons (Fsp3) is 0.571. The summed E-state index contributed by atoms with van der Waals surface area (Å²) in [5.74, 6) is -0.309. The Morgan fingerprint density at radius 2 is 1.36 bits per heavy atom. The fourth-order valence-electron chi connectivity index (χ4n) is 5.43. The highest BCUT2D eigenvalue weighted by Gasteiger charge is 2.29. The van der Waals surface area contributed by atoms with Crippen LogP contribution in [0.3, 0.4) is 0 Å². The molecule has 2 aliphatic carbocycles. The second-order valence-electron chi connectivity index (χ2n) is 9.80. The van der Waals surface area contributed by atoms with E-state index in [1.807, 2.05) is 19.1 Å². The molecule has 33 heavy (non-hydrogen) atoms. The molecule has 2 aromatic carbocycles. The average molecular weight is 461 g/mol. The number of halogens is 3. The van der Waals surface area contributed by atoms with Crippen LogP contribution in [-0.4, -0.2) is 12.7 Å². The van der Waals surface area contributed by atoms with Crippen molar-refractivity contribution in [3.05, 3.63) is 64.5 Å². The first-order valence-electron chi connectivity index (χ1n) is 12.5. The topological polar surface area (TPSA) is 18.5 Å². The number of ether oxygens (including phenoxy) is 2. The van der Waals surface area contributed by atoms with E-state index in [0.717, 1.165) is 51.4 Å². The van der Waals surface area contributed by atoms with Crippen molar-refractivity contribution in [2.24, 2.45) is 5.92 Å². The first kappa shape index (κ1) is 24.1. The Morgan fingerprint density at radius 1 is 0.788 bits per heavy atom. The molecule has 0 spiro atoms. The van der Waals surface area contributed by atoms with Gasteiger partial charge in [-0.05, 0) is 80.4 Å². The number of benzene rings is 2. The maximum atomic E-state index is 15.0. The molecule has 0 heterocycles. The predicted molar refractivity (Wildman–Crippen MR) is 124 cm³/mol. The lowest BCUT2D eigenvalue weighted by atomic mass is 9.77. The molecular formula is C28H35F3O2. The van der Waals surface area contributed by atoms with E-state index in [1.165, 1.54) is 6.07 Å². The van der Waals surface area contributed by atoms with E-state index in [0.29, 0.717) is 35.0 Å². The van der Waals surface area contributed by atoms with Gasteiger partial charge in [-0.15, -0.1) is 0 Å². The van der Waals surface area contributed by atoms with Crippen molar-refractivity contribution in [2.75, 3.05) is 6.61 Å². The molecule has 0 amide bonds. The van der Waals surface area contributed by atoms with Gasteiger partial charge in [0.25, 0.3) is 0 Å². The van der Waals surface area contributed by atoms with Crippen LogP contribution < -0.4 is 4.74 Å². The normalized spacial score (nSPS) is 25.7. The summed E-state index contributed by atoms with van der Waals surface area (Å²) < 4.78 is 55.5. The van der Waals surface area contributed by atoms with E-state index >= 15 is 4.39 Å². The second-order valence-corrected chi connectivity index (χ2v) is 9.80. The third-order valence-corrected chi connectivity index (χ3v) is 7.52. The first-order chi connectivity index (χ1) is 16.0. The molecule has 0 aliphatic heterocycles. The van der Waals surface area contributed by atoms with E-state index in [-0.39, 0.29) is 30.4 Å². The van der Waals surface area contributed by atoms with Gasteiger partial charge < -0.3 is 9.47 Å². The van der Waals surface area contributed by atoms with Gasteiger partial charge in [0, 0.05) is 11.6 Å². The summed E-state index contributed by atoms with van der Waals surface area (Å²) in [6, 6.07) is 8.46. The molecule has 0 unspecified atom stereocenters. The second kappa shape index (κ2) is 10.9. The standard InChI is InChI=1S/C28H35F3O2/c1-3-32-23-13-10-21(26(29)16-23)17-33-22-11-8-20(9-12-22)25-15-14-24(27(30)28(25)31)19-6-4-18(2)5-7-19/h10,13-16,18-20,22H,3-9,11-12,17H2,1-2H3. The molecule has 2 nitrogen and oxygen atoms in total. The lowest BCUT2D eigenvalue weighted by Gasteiger charge is -2.30. The molecule has 0 bridgehead atoms. The van der Waals surface area contributed by atoms with Crippen molar-refractivity contribution in [2.45, 2.75) is 89.8 Å². The summed E-state index contributed by atoms with van der Waals surface area (Å²) in [7, 11) is 0. The summed E-state index contributed by atoms with van der Waals surface area (Å²) >= 11 is 0. The van der Waals surface area contributed by atoms with Crippen LogP contribution in [0.15, 0.2) is 30.3 Å². The van der Waals surface area contributed by atoms with E-state index in [4.69, 9.17) is 9.47 Å². The van der Waals surface area contributed by atoms with Gasteiger partial charge in [-0.25, -0.2) is 13.2 Å². The molecular weight excluding hydrogens is 425 g/mol.